The smallest absolute Gasteiger partial charge is 0.166 e. The first-order valence-electron chi connectivity index (χ1n) is 1.92. The molecule has 0 aliphatic heterocycles. The highest BCUT2D eigenvalue weighted by Gasteiger charge is 1.94. The molecule has 0 atom stereocenters. The second-order valence-electron chi connectivity index (χ2n) is 1.18. The second kappa shape index (κ2) is 2.65. The Hall–Kier alpha value is -1.48. The van der Waals surface area contributed by atoms with Crippen LogP contribution in [-0.2, 0) is 0 Å². The minimum absolute atomic E-state index is 0.227. The Bertz CT molecular complexity index is 171. The van der Waals surface area contributed by atoms with Crippen molar-refractivity contribution in [2.24, 2.45) is 0 Å². The summed E-state index contributed by atoms with van der Waals surface area (Å²) in [4.78, 5) is 0. The molecule has 0 aromatic rings. The summed E-state index contributed by atoms with van der Waals surface area (Å²) in [6, 6.07) is 3.04. The van der Waals surface area contributed by atoms with Gasteiger partial charge in [-0.15, -0.1) is 0 Å². The molecule has 0 heterocycles. The van der Waals surface area contributed by atoms with Gasteiger partial charge >= 0.3 is 0 Å². The zero-order valence-corrected chi connectivity index (χ0v) is 4.34. The lowest BCUT2D eigenvalue weighted by atomic mass is 10.3. The monoisotopic (exact) mass is 108 g/mol. The number of nitrogens with zero attached hydrogens (tertiary/aromatic N) is 2. The quantitative estimate of drug-likeness (QED) is 0.369. The predicted octanol–water partition coefficient (Wildman–Crippen LogP) is 0.866. The first-order chi connectivity index (χ1) is 3.72. The fraction of sp³-hybridized carbons (Fsp3) is 0.200. The summed E-state index contributed by atoms with van der Waals surface area (Å²) >= 11 is 0. The topological polar surface area (TPSA) is 67.8 Å². The van der Waals surface area contributed by atoms with E-state index in [9.17, 15) is 0 Å². The maximum Gasteiger partial charge on any atom is 0.166 e. The normalized spacial score (nSPS) is 6.38. The molecule has 0 aliphatic rings. The van der Waals surface area contributed by atoms with Crippen LogP contribution >= 0.6 is 0 Å². The van der Waals surface area contributed by atoms with E-state index in [0.29, 0.717) is 0 Å². The van der Waals surface area contributed by atoms with Gasteiger partial charge in [-0.05, 0) is 6.92 Å². The van der Waals surface area contributed by atoms with Crippen molar-refractivity contribution >= 4 is 0 Å². The Labute approximate surface area is 47.1 Å². The number of aliphatic hydroxyl groups excluding tert-OH is 1. The second-order valence-corrected chi connectivity index (χ2v) is 1.18. The predicted molar refractivity (Wildman–Crippen MR) is 26.6 cm³/mol. The largest absolute Gasteiger partial charge is 0.510 e. The van der Waals surface area contributed by atoms with Gasteiger partial charge in [0.25, 0.3) is 0 Å². The number of hydrogen-bond acceptors (Lipinski definition) is 3. The van der Waals surface area contributed by atoms with E-state index in [4.69, 9.17) is 15.6 Å². The van der Waals surface area contributed by atoms with Crippen molar-refractivity contribution in [3.05, 3.63) is 11.3 Å². The summed E-state index contributed by atoms with van der Waals surface area (Å²) in [5, 5.41) is 24.5. The standard InChI is InChI=1S/C5H4N2O/c1-4(8)5(2-6)3-7/h8H,1H3. The molecule has 0 amide bonds. The van der Waals surface area contributed by atoms with E-state index >= 15 is 0 Å². The molecule has 0 rings (SSSR count). The van der Waals surface area contributed by atoms with Gasteiger partial charge in [-0.3, -0.25) is 0 Å². The highest BCUT2D eigenvalue weighted by molar-refractivity contribution is 5.36. The minimum atomic E-state index is -0.231. The fourth-order valence-corrected chi connectivity index (χ4v) is 0.187. The molecule has 0 fully saturated rings. The van der Waals surface area contributed by atoms with E-state index in [0.717, 1.165) is 0 Å². The van der Waals surface area contributed by atoms with Crippen LogP contribution in [0.25, 0.3) is 0 Å². The van der Waals surface area contributed by atoms with Crippen LogP contribution in [0.5, 0.6) is 0 Å². The zero-order valence-electron chi connectivity index (χ0n) is 4.34. The number of nitriles is 2. The van der Waals surface area contributed by atoms with Crippen molar-refractivity contribution in [3.63, 3.8) is 0 Å². The highest BCUT2D eigenvalue weighted by atomic mass is 16.3. The van der Waals surface area contributed by atoms with E-state index in [1.165, 1.54) is 19.1 Å². The first kappa shape index (κ1) is 6.52. The molecule has 40 valence electrons. The van der Waals surface area contributed by atoms with E-state index in [2.05, 4.69) is 0 Å². The van der Waals surface area contributed by atoms with Gasteiger partial charge < -0.3 is 5.11 Å². The van der Waals surface area contributed by atoms with Crippen LogP contribution in [0.4, 0.5) is 0 Å². The van der Waals surface area contributed by atoms with Gasteiger partial charge in [0, 0.05) is 0 Å². The molecule has 0 unspecified atom stereocenters. The van der Waals surface area contributed by atoms with Crippen molar-refractivity contribution in [2.75, 3.05) is 0 Å². The Balaban J connectivity index is 4.47. The average molecular weight is 108 g/mol. The van der Waals surface area contributed by atoms with E-state index < -0.39 is 0 Å². The van der Waals surface area contributed by atoms with Gasteiger partial charge in [0.1, 0.15) is 17.9 Å². The third-order valence-corrected chi connectivity index (χ3v) is 0.585. The average Bonchev–Trinajstić information content (AvgIpc) is 1.69. The van der Waals surface area contributed by atoms with Gasteiger partial charge in [-0.2, -0.15) is 10.5 Å². The summed E-state index contributed by atoms with van der Waals surface area (Å²) in [6.45, 7) is 1.29. The van der Waals surface area contributed by atoms with Crippen LogP contribution in [-0.4, -0.2) is 5.11 Å². The highest BCUT2D eigenvalue weighted by Crippen LogP contribution is 1.94. The molecular formula is C5H4N2O. The van der Waals surface area contributed by atoms with Crippen molar-refractivity contribution in [3.8, 4) is 12.1 Å². The maximum atomic E-state index is 8.45. The van der Waals surface area contributed by atoms with Gasteiger partial charge in [-0.1, -0.05) is 0 Å². The molecule has 0 aromatic carbocycles. The van der Waals surface area contributed by atoms with Gasteiger partial charge in [0.15, 0.2) is 5.57 Å². The lowest BCUT2D eigenvalue weighted by Gasteiger charge is -1.81. The first-order valence-corrected chi connectivity index (χ1v) is 1.92. The molecule has 0 radical (unpaired) electrons. The Morgan fingerprint density at radius 3 is 1.75 bits per heavy atom. The summed E-state index contributed by atoms with van der Waals surface area (Å²) in [5.41, 5.74) is -0.231. The van der Waals surface area contributed by atoms with Crippen molar-refractivity contribution in [2.45, 2.75) is 6.92 Å². The molecule has 8 heavy (non-hydrogen) atoms. The van der Waals surface area contributed by atoms with E-state index in [-0.39, 0.29) is 11.3 Å². The third-order valence-electron chi connectivity index (χ3n) is 0.585. The van der Waals surface area contributed by atoms with Crippen LogP contribution in [0, 0.1) is 22.7 Å². The molecular weight excluding hydrogens is 104 g/mol. The molecule has 0 bridgehead atoms. The summed E-state index contributed by atoms with van der Waals surface area (Å²) in [6.07, 6.45) is 0. The van der Waals surface area contributed by atoms with Crippen LogP contribution in [0.1, 0.15) is 6.92 Å². The summed E-state index contributed by atoms with van der Waals surface area (Å²) in [5.74, 6) is -0.227. The number of aliphatic hydroxyl groups is 1. The lowest BCUT2D eigenvalue weighted by molar-refractivity contribution is 0.412. The van der Waals surface area contributed by atoms with Crippen LogP contribution in [0.3, 0.4) is 0 Å². The Morgan fingerprint density at radius 2 is 1.75 bits per heavy atom. The third kappa shape index (κ3) is 1.32. The molecule has 0 saturated heterocycles. The minimum Gasteiger partial charge on any atom is -0.510 e. The van der Waals surface area contributed by atoms with Crippen LogP contribution in [0.2, 0.25) is 0 Å². The van der Waals surface area contributed by atoms with Crippen molar-refractivity contribution in [1.29, 1.82) is 10.5 Å². The molecule has 0 aromatic heterocycles. The molecule has 3 heteroatoms. The van der Waals surface area contributed by atoms with Crippen molar-refractivity contribution in [1.82, 2.24) is 0 Å². The lowest BCUT2D eigenvalue weighted by Crippen LogP contribution is -1.78. The summed E-state index contributed by atoms with van der Waals surface area (Å²) in [7, 11) is 0. The van der Waals surface area contributed by atoms with Crippen molar-refractivity contribution < 1.29 is 5.11 Å². The molecule has 3 nitrogen and oxygen atoms in total. The van der Waals surface area contributed by atoms with Gasteiger partial charge in [-0.25, -0.2) is 0 Å². The zero-order chi connectivity index (χ0) is 6.57. The van der Waals surface area contributed by atoms with Crippen LogP contribution < -0.4 is 0 Å². The molecule has 0 aliphatic carbocycles. The van der Waals surface area contributed by atoms with E-state index in [1.807, 2.05) is 0 Å². The molecule has 0 saturated carbocycles. The summed E-state index contributed by atoms with van der Waals surface area (Å²) < 4.78 is 0. The van der Waals surface area contributed by atoms with Gasteiger partial charge in [0.2, 0.25) is 0 Å². The number of rotatable bonds is 0. The maximum absolute atomic E-state index is 8.45. The Kier molecular flexibility index (Phi) is 2.16. The number of allylic oxidation sites excluding steroid dienone is 2. The fourth-order valence-electron chi connectivity index (χ4n) is 0.187. The van der Waals surface area contributed by atoms with Gasteiger partial charge in [0.05, 0.1) is 0 Å². The number of hydrogen-bond donors (Lipinski definition) is 1. The molecule has 0 spiro atoms. The Morgan fingerprint density at radius 1 is 1.38 bits per heavy atom. The molecule has 1 N–H and O–H groups in total. The van der Waals surface area contributed by atoms with Crippen LogP contribution in [0.15, 0.2) is 11.3 Å². The van der Waals surface area contributed by atoms with E-state index in [1.54, 1.807) is 0 Å². The SMILES string of the molecule is CC(O)=C(C#N)C#N.